The van der Waals surface area contributed by atoms with E-state index in [9.17, 15) is 14.4 Å². The summed E-state index contributed by atoms with van der Waals surface area (Å²) in [6, 6.07) is 0. The lowest BCUT2D eigenvalue weighted by Gasteiger charge is -2.57. The molecule has 0 aromatic carbocycles. The number of epoxide rings is 1. The highest BCUT2D eigenvalue weighted by Crippen LogP contribution is 2.72. The van der Waals surface area contributed by atoms with Crippen LogP contribution in [0.1, 0.15) is 108 Å². The molecule has 6 nitrogen and oxygen atoms in total. The van der Waals surface area contributed by atoms with E-state index in [4.69, 9.17) is 13.9 Å². The van der Waals surface area contributed by atoms with Crippen LogP contribution in [-0.2, 0) is 28.3 Å². The number of ether oxygens (including phenoxy) is 2. The van der Waals surface area contributed by atoms with Gasteiger partial charge >= 0.3 is 5.97 Å². The first-order valence-corrected chi connectivity index (χ1v) is 19.7. The van der Waals surface area contributed by atoms with Gasteiger partial charge in [0.2, 0.25) is 8.32 Å². The molecule has 1 spiro atoms. The average Bonchev–Trinajstić information content (AvgIpc) is 3.58. The van der Waals surface area contributed by atoms with Gasteiger partial charge in [0.1, 0.15) is 6.10 Å². The van der Waals surface area contributed by atoms with Crippen LogP contribution in [0.25, 0.3) is 0 Å². The molecule has 44 heavy (non-hydrogen) atoms. The molecule has 2 aliphatic heterocycles. The van der Waals surface area contributed by atoms with Gasteiger partial charge in [-0.25, -0.2) is 4.79 Å². The first-order chi connectivity index (χ1) is 20.6. The van der Waals surface area contributed by atoms with Gasteiger partial charge in [-0.2, -0.15) is 0 Å². The van der Waals surface area contributed by atoms with Crippen LogP contribution in [0.5, 0.6) is 0 Å². The number of fused-ring (bicyclic) bond motifs is 4. The molecule has 4 fully saturated rings. The predicted molar refractivity (Wildman–Crippen MR) is 173 cm³/mol. The van der Waals surface area contributed by atoms with Crippen molar-refractivity contribution in [2.24, 2.45) is 40.4 Å². The van der Waals surface area contributed by atoms with Crippen molar-refractivity contribution in [2.75, 3.05) is 6.61 Å². The number of carbonyl (C=O) groups is 3. The monoisotopic (exact) mass is 624 g/mol. The zero-order chi connectivity index (χ0) is 32.1. The van der Waals surface area contributed by atoms with Gasteiger partial charge in [-0.1, -0.05) is 61.0 Å². The van der Waals surface area contributed by atoms with Crippen molar-refractivity contribution in [3.8, 4) is 0 Å². The fourth-order valence-corrected chi connectivity index (χ4v) is 17.6. The van der Waals surface area contributed by atoms with E-state index in [1.807, 2.05) is 6.92 Å². The standard InChI is InChI=1S/C37H56O6Si/c1-20(2)44(21(3)4,22(5)6)41-19-26-23(7)17-30(42-34(26)40)24(8)27-11-12-28-25-18-33-37(43-33)32(39)14-13-31(38)36(37,10)29(25)15-16-35(27,28)9/h13-14,20-22,24-25,27-30,33H,11-12,15-19H2,1-10H3/t24-,25-,27+,28-,29-,30+,33+,35+,36-,37+/m0/s1. The molecule has 0 unspecified atom stereocenters. The summed E-state index contributed by atoms with van der Waals surface area (Å²) in [7, 11) is -2.10. The summed E-state index contributed by atoms with van der Waals surface area (Å²) in [5.41, 5.74) is 1.69. The van der Waals surface area contributed by atoms with E-state index in [1.165, 1.54) is 12.2 Å². The van der Waals surface area contributed by atoms with Crippen molar-refractivity contribution in [3.63, 3.8) is 0 Å². The number of hydrogen-bond donors (Lipinski definition) is 0. The summed E-state index contributed by atoms with van der Waals surface area (Å²) in [6.07, 6.45) is 8.59. The van der Waals surface area contributed by atoms with Crippen molar-refractivity contribution in [1.29, 1.82) is 0 Å². The van der Waals surface area contributed by atoms with Crippen LogP contribution in [0, 0.1) is 40.4 Å². The van der Waals surface area contributed by atoms with Crippen molar-refractivity contribution < 1.29 is 28.3 Å². The Kier molecular flexibility index (Phi) is 7.90. The Morgan fingerprint density at radius 2 is 1.55 bits per heavy atom. The second-order valence-electron chi connectivity index (χ2n) is 16.8. The molecule has 0 amide bonds. The topological polar surface area (TPSA) is 82.2 Å². The Labute approximate surface area is 266 Å². The van der Waals surface area contributed by atoms with E-state index in [1.54, 1.807) is 0 Å². The second-order valence-corrected chi connectivity index (χ2v) is 22.3. The molecular formula is C37H56O6Si. The second kappa shape index (κ2) is 10.7. The van der Waals surface area contributed by atoms with Crippen LogP contribution in [0.3, 0.4) is 0 Å². The van der Waals surface area contributed by atoms with E-state index in [-0.39, 0.29) is 47.0 Å². The summed E-state index contributed by atoms with van der Waals surface area (Å²) in [4.78, 5) is 40.1. The van der Waals surface area contributed by atoms with Crippen molar-refractivity contribution in [3.05, 3.63) is 23.3 Å². The Bertz CT molecular complexity index is 1270. The smallest absolute Gasteiger partial charge is 0.336 e. The SMILES string of the molecule is CC1=C(CO[Si](C(C)C)(C(C)C)C(C)C)C(=O)O[C@@H]([C@@H](C)[C@H]2CC[C@H]3[C@@H]4C[C@H]5O[C@]56C(=O)C=CC(=O)[C@]6(C)[C@H]4CC[C@]23C)C1. The van der Waals surface area contributed by atoms with Crippen molar-refractivity contribution in [1.82, 2.24) is 0 Å². The fraction of sp³-hybridized carbons (Fsp3) is 0.811. The molecule has 7 heteroatoms. The average molecular weight is 625 g/mol. The highest BCUT2D eigenvalue weighted by molar-refractivity contribution is 6.77. The minimum atomic E-state index is -2.10. The summed E-state index contributed by atoms with van der Waals surface area (Å²) in [5.74, 6) is 1.61. The van der Waals surface area contributed by atoms with Crippen LogP contribution < -0.4 is 0 Å². The molecule has 0 aromatic heterocycles. The minimum absolute atomic E-state index is 0.00716. The molecule has 0 aromatic rings. The van der Waals surface area contributed by atoms with E-state index in [0.717, 1.165) is 49.7 Å². The van der Waals surface area contributed by atoms with Gasteiger partial charge < -0.3 is 13.9 Å². The maximum Gasteiger partial charge on any atom is 0.336 e. The van der Waals surface area contributed by atoms with Crippen LogP contribution in [0.15, 0.2) is 23.3 Å². The molecule has 244 valence electrons. The molecule has 6 aliphatic rings. The van der Waals surface area contributed by atoms with Gasteiger partial charge in [-0.05, 0) is 110 Å². The molecule has 4 aliphatic carbocycles. The molecule has 1 saturated heterocycles. The molecular weight excluding hydrogens is 568 g/mol. The first-order valence-electron chi connectivity index (χ1n) is 17.6. The molecule has 0 radical (unpaired) electrons. The van der Waals surface area contributed by atoms with Crippen molar-refractivity contribution >= 4 is 25.9 Å². The van der Waals surface area contributed by atoms with E-state index < -0.39 is 19.3 Å². The molecule has 0 N–H and O–H groups in total. The molecule has 3 saturated carbocycles. The summed E-state index contributed by atoms with van der Waals surface area (Å²) >= 11 is 0. The van der Waals surface area contributed by atoms with Gasteiger partial charge in [0, 0.05) is 6.42 Å². The number of allylic oxidation sites excluding steroid dienone is 1. The summed E-state index contributed by atoms with van der Waals surface area (Å²) < 4.78 is 19.3. The Balaban J connectivity index is 1.18. The van der Waals surface area contributed by atoms with Gasteiger partial charge in [-0.15, -0.1) is 0 Å². The van der Waals surface area contributed by atoms with Crippen LogP contribution >= 0.6 is 0 Å². The van der Waals surface area contributed by atoms with Gasteiger partial charge in [0.25, 0.3) is 0 Å². The maximum atomic E-state index is 13.6. The van der Waals surface area contributed by atoms with Gasteiger partial charge in [0.15, 0.2) is 17.2 Å². The lowest BCUT2D eigenvalue weighted by molar-refractivity contribution is -0.155. The Morgan fingerprint density at radius 1 is 0.909 bits per heavy atom. The number of cyclic esters (lactones) is 1. The quantitative estimate of drug-likeness (QED) is 0.156. The molecule has 10 atom stereocenters. The zero-order valence-corrected chi connectivity index (χ0v) is 29.8. The minimum Gasteiger partial charge on any atom is -0.458 e. The molecule has 2 heterocycles. The Morgan fingerprint density at radius 3 is 2.16 bits per heavy atom. The third kappa shape index (κ3) is 4.19. The number of rotatable bonds is 8. The highest BCUT2D eigenvalue weighted by Gasteiger charge is 2.80. The number of ketones is 2. The predicted octanol–water partition coefficient (Wildman–Crippen LogP) is 7.76. The Hall–Kier alpha value is -1.57. The fourth-order valence-electron chi connectivity index (χ4n) is 12.2. The van der Waals surface area contributed by atoms with Gasteiger partial charge in [-0.3, -0.25) is 9.59 Å². The third-order valence-corrected chi connectivity index (χ3v) is 20.5. The van der Waals surface area contributed by atoms with E-state index in [2.05, 4.69) is 62.3 Å². The number of hydrogen-bond acceptors (Lipinski definition) is 6. The lowest BCUT2D eigenvalue weighted by Crippen LogP contribution is -2.62. The van der Waals surface area contributed by atoms with E-state index in [0.29, 0.717) is 41.0 Å². The number of carbonyl (C=O) groups excluding carboxylic acids is 3. The third-order valence-electron chi connectivity index (χ3n) is 14.4. The normalized spacial score (nSPS) is 42.3. The highest BCUT2D eigenvalue weighted by atomic mass is 28.4. The van der Waals surface area contributed by atoms with E-state index >= 15 is 0 Å². The first kappa shape index (κ1) is 32.4. The van der Waals surface area contributed by atoms with Crippen LogP contribution in [0.2, 0.25) is 16.6 Å². The molecule has 6 rings (SSSR count). The van der Waals surface area contributed by atoms with Crippen LogP contribution in [-0.4, -0.2) is 50.3 Å². The van der Waals surface area contributed by atoms with Gasteiger partial charge in [0.05, 0.1) is 23.7 Å². The summed E-state index contributed by atoms with van der Waals surface area (Å²) in [6.45, 7) is 22.9. The van der Waals surface area contributed by atoms with Crippen LogP contribution in [0.4, 0.5) is 0 Å². The zero-order valence-electron chi connectivity index (χ0n) is 28.8. The number of esters is 1. The lowest BCUT2D eigenvalue weighted by atomic mass is 9.44. The maximum absolute atomic E-state index is 13.6. The molecule has 0 bridgehead atoms. The van der Waals surface area contributed by atoms with Crippen molar-refractivity contribution in [2.45, 2.75) is 142 Å². The largest absolute Gasteiger partial charge is 0.458 e. The summed E-state index contributed by atoms with van der Waals surface area (Å²) in [5, 5.41) is 0.